The average molecular weight is 327 g/mol. The van der Waals surface area contributed by atoms with E-state index >= 15 is 0 Å². The fourth-order valence-electron chi connectivity index (χ4n) is 3.64. The van der Waals surface area contributed by atoms with Gasteiger partial charge in [0.15, 0.2) is 0 Å². The molecule has 0 unspecified atom stereocenters. The summed E-state index contributed by atoms with van der Waals surface area (Å²) in [6, 6.07) is 3.34. The second-order valence-corrected chi connectivity index (χ2v) is 6.71. The first-order valence-electron chi connectivity index (χ1n) is 8.20. The predicted molar refractivity (Wildman–Crippen MR) is 81.3 cm³/mol. The van der Waals surface area contributed by atoms with Crippen molar-refractivity contribution in [3.05, 3.63) is 29.8 Å². The number of piperidine rings is 1. The molecule has 2 N–H and O–H groups in total. The molecule has 0 aromatic heterocycles. The predicted octanol–water partition coefficient (Wildman–Crippen LogP) is 2.08. The highest BCUT2D eigenvalue weighted by molar-refractivity contribution is 5.24. The number of halogens is 2. The van der Waals surface area contributed by atoms with Crippen molar-refractivity contribution < 1.29 is 23.7 Å². The van der Waals surface area contributed by atoms with Crippen molar-refractivity contribution in [2.75, 3.05) is 19.7 Å². The van der Waals surface area contributed by atoms with Crippen LogP contribution in [0.25, 0.3) is 0 Å². The van der Waals surface area contributed by atoms with E-state index in [1.807, 2.05) is 0 Å². The van der Waals surface area contributed by atoms with Crippen molar-refractivity contribution in [1.82, 2.24) is 4.90 Å². The van der Waals surface area contributed by atoms with E-state index in [1.165, 1.54) is 12.8 Å². The van der Waals surface area contributed by atoms with Crippen molar-refractivity contribution in [1.29, 1.82) is 0 Å². The summed E-state index contributed by atoms with van der Waals surface area (Å²) in [5.41, 5.74) is -1.43. The summed E-state index contributed by atoms with van der Waals surface area (Å²) in [5.74, 6) is -1.45. The molecule has 2 aliphatic rings. The lowest BCUT2D eigenvalue weighted by Crippen LogP contribution is -2.61. The molecular weight excluding hydrogens is 304 g/mol. The molecule has 6 heteroatoms. The van der Waals surface area contributed by atoms with Crippen LogP contribution < -0.4 is 4.74 Å². The molecule has 1 aliphatic heterocycles. The summed E-state index contributed by atoms with van der Waals surface area (Å²) in [7, 11) is 0. The van der Waals surface area contributed by atoms with Gasteiger partial charge in [0, 0.05) is 37.3 Å². The Kier molecular flexibility index (Phi) is 4.85. The average Bonchev–Trinajstić information content (AvgIpc) is 3.02. The van der Waals surface area contributed by atoms with Crippen molar-refractivity contribution >= 4 is 0 Å². The zero-order chi connectivity index (χ0) is 16.4. The van der Waals surface area contributed by atoms with Gasteiger partial charge in [0.25, 0.3) is 0 Å². The van der Waals surface area contributed by atoms with Crippen LogP contribution in [0.5, 0.6) is 5.75 Å². The molecule has 2 atom stereocenters. The van der Waals surface area contributed by atoms with Gasteiger partial charge >= 0.3 is 0 Å². The Labute approximate surface area is 134 Å². The van der Waals surface area contributed by atoms with E-state index in [4.69, 9.17) is 4.74 Å². The summed E-state index contributed by atoms with van der Waals surface area (Å²) in [6.45, 7) is 0.875. The SMILES string of the molecule is O[C@H]1CCN(C2CCCC2)C[C@]1(O)COc1cc(F)cc(F)c1. The number of likely N-dealkylation sites (tertiary alicyclic amines) is 1. The number of hydrogen-bond donors (Lipinski definition) is 2. The lowest BCUT2D eigenvalue weighted by atomic mass is 9.89. The zero-order valence-corrected chi connectivity index (χ0v) is 13.0. The number of benzene rings is 1. The normalized spacial score (nSPS) is 29.8. The van der Waals surface area contributed by atoms with Crippen LogP contribution >= 0.6 is 0 Å². The number of hydrogen-bond acceptors (Lipinski definition) is 4. The molecule has 0 radical (unpaired) electrons. The Hall–Kier alpha value is -1.24. The first-order chi connectivity index (χ1) is 11.0. The number of β-amino-alcohol motifs (C(OH)–C–C–N with tert-alkyl or cyclic N) is 1. The molecule has 2 fully saturated rings. The van der Waals surface area contributed by atoms with E-state index in [-0.39, 0.29) is 12.4 Å². The van der Waals surface area contributed by atoms with E-state index in [2.05, 4.69) is 4.90 Å². The minimum absolute atomic E-state index is 0.0149. The fourth-order valence-corrected chi connectivity index (χ4v) is 3.64. The smallest absolute Gasteiger partial charge is 0.137 e. The number of nitrogens with zero attached hydrogens (tertiary/aromatic N) is 1. The fraction of sp³-hybridized carbons (Fsp3) is 0.647. The monoisotopic (exact) mass is 327 g/mol. The Bertz CT molecular complexity index is 530. The van der Waals surface area contributed by atoms with Gasteiger partial charge in [-0.3, -0.25) is 4.90 Å². The quantitative estimate of drug-likeness (QED) is 0.889. The summed E-state index contributed by atoms with van der Waals surface area (Å²) in [6.07, 6.45) is 4.18. The Morgan fingerprint density at radius 3 is 2.43 bits per heavy atom. The number of aliphatic hydroxyl groups is 2. The first kappa shape index (κ1) is 16.6. The van der Waals surface area contributed by atoms with E-state index in [1.54, 1.807) is 0 Å². The summed E-state index contributed by atoms with van der Waals surface area (Å²) < 4.78 is 31.8. The maximum Gasteiger partial charge on any atom is 0.137 e. The molecule has 128 valence electrons. The zero-order valence-electron chi connectivity index (χ0n) is 13.0. The van der Waals surface area contributed by atoms with E-state index < -0.39 is 23.3 Å². The molecule has 0 amide bonds. The van der Waals surface area contributed by atoms with Gasteiger partial charge in [-0.25, -0.2) is 8.78 Å². The van der Waals surface area contributed by atoms with Crippen LogP contribution in [0.15, 0.2) is 18.2 Å². The van der Waals surface area contributed by atoms with Gasteiger partial charge in [-0.1, -0.05) is 12.8 Å². The van der Waals surface area contributed by atoms with Crippen LogP contribution in [0.3, 0.4) is 0 Å². The van der Waals surface area contributed by atoms with Crippen molar-refractivity contribution in [3.8, 4) is 5.75 Å². The van der Waals surface area contributed by atoms with Gasteiger partial charge in [-0.15, -0.1) is 0 Å². The maximum absolute atomic E-state index is 13.2. The van der Waals surface area contributed by atoms with Crippen LogP contribution in [0, 0.1) is 11.6 Å². The molecule has 4 nitrogen and oxygen atoms in total. The maximum atomic E-state index is 13.2. The van der Waals surface area contributed by atoms with Crippen molar-refractivity contribution in [3.63, 3.8) is 0 Å². The molecule has 3 rings (SSSR count). The third kappa shape index (κ3) is 3.82. The van der Waals surface area contributed by atoms with Crippen LogP contribution in [0.2, 0.25) is 0 Å². The number of aliphatic hydroxyl groups excluding tert-OH is 1. The van der Waals surface area contributed by atoms with Crippen molar-refractivity contribution in [2.24, 2.45) is 0 Å². The lowest BCUT2D eigenvalue weighted by molar-refractivity contribution is -0.144. The van der Waals surface area contributed by atoms with Crippen LogP contribution in [-0.4, -0.2) is 52.6 Å². The molecule has 1 heterocycles. The van der Waals surface area contributed by atoms with Crippen LogP contribution in [0.4, 0.5) is 8.78 Å². The summed E-state index contributed by atoms with van der Waals surface area (Å²) in [5, 5.41) is 20.9. The Morgan fingerprint density at radius 1 is 1.13 bits per heavy atom. The van der Waals surface area contributed by atoms with E-state index in [0.29, 0.717) is 19.0 Å². The van der Waals surface area contributed by atoms with Gasteiger partial charge in [-0.05, 0) is 19.3 Å². The molecule has 1 aliphatic carbocycles. The van der Waals surface area contributed by atoms with E-state index in [9.17, 15) is 19.0 Å². The first-order valence-corrected chi connectivity index (χ1v) is 8.20. The van der Waals surface area contributed by atoms with Gasteiger partial charge in [-0.2, -0.15) is 0 Å². The second kappa shape index (κ2) is 6.71. The highest BCUT2D eigenvalue weighted by Crippen LogP contribution is 2.30. The Balaban J connectivity index is 1.65. The highest BCUT2D eigenvalue weighted by Gasteiger charge is 2.43. The summed E-state index contributed by atoms with van der Waals surface area (Å²) in [4.78, 5) is 2.20. The van der Waals surface area contributed by atoms with Gasteiger partial charge in [0.1, 0.15) is 29.6 Å². The molecule has 0 bridgehead atoms. The molecule has 1 saturated heterocycles. The third-order valence-electron chi connectivity index (χ3n) is 4.95. The molecule has 1 saturated carbocycles. The molecule has 1 aromatic carbocycles. The number of rotatable bonds is 4. The minimum atomic E-state index is -1.43. The molecule has 1 aromatic rings. The van der Waals surface area contributed by atoms with Crippen molar-refractivity contribution in [2.45, 2.75) is 49.9 Å². The van der Waals surface area contributed by atoms with E-state index in [0.717, 1.165) is 37.6 Å². The standard InChI is InChI=1S/C17H23F2NO3/c18-12-7-13(19)9-15(8-12)23-11-17(22)10-20(6-5-16(17)21)14-3-1-2-4-14/h7-9,14,16,21-22H,1-6,10-11H2/t16-,17-/m0/s1. The highest BCUT2D eigenvalue weighted by atomic mass is 19.1. The lowest BCUT2D eigenvalue weighted by Gasteiger charge is -2.44. The Morgan fingerprint density at radius 2 is 1.78 bits per heavy atom. The largest absolute Gasteiger partial charge is 0.490 e. The molecule has 0 spiro atoms. The van der Waals surface area contributed by atoms with Crippen LogP contribution in [-0.2, 0) is 0 Å². The third-order valence-corrected chi connectivity index (χ3v) is 4.95. The molecular formula is C17H23F2NO3. The van der Waals surface area contributed by atoms with Gasteiger partial charge in [0.05, 0.1) is 6.10 Å². The number of ether oxygens (including phenoxy) is 1. The minimum Gasteiger partial charge on any atom is -0.490 e. The summed E-state index contributed by atoms with van der Waals surface area (Å²) >= 11 is 0. The van der Waals surface area contributed by atoms with Gasteiger partial charge in [0.2, 0.25) is 0 Å². The van der Waals surface area contributed by atoms with Crippen LogP contribution in [0.1, 0.15) is 32.1 Å². The topological polar surface area (TPSA) is 52.9 Å². The second-order valence-electron chi connectivity index (χ2n) is 6.71. The molecule has 23 heavy (non-hydrogen) atoms. The van der Waals surface area contributed by atoms with Gasteiger partial charge < -0.3 is 14.9 Å².